The van der Waals surface area contributed by atoms with Crippen molar-refractivity contribution in [2.75, 3.05) is 0 Å². The average Bonchev–Trinajstić information content (AvgIpc) is 2.98. The van der Waals surface area contributed by atoms with Crippen LogP contribution in [-0.2, 0) is 17.0 Å². The minimum Gasteiger partial charge on any atom is -0.416 e. The summed E-state index contributed by atoms with van der Waals surface area (Å²) in [4.78, 5) is 23.1. The van der Waals surface area contributed by atoms with Crippen molar-refractivity contribution in [1.82, 2.24) is 20.8 Å². The van der Waals surface area contributed by atoms with Crippen LogP contribution in [-0.4, -0.2) is 28.2 Å². The number of benzene rings is 1. The first-order chi connectivity index (χ1) is 11.5. The van der Waals surface area contributed by atoms with Gasteiger partial charge in [-0.3, -0.25) is 10.1 Å². The van der Waals surface area contributed by atoms with E-state index < -0.39 is 11.9 Å². The predicted molar refractivity (Wildman–Crippen MR) is 83.6 cm³/mol. The molecular weight excluding hydrogens is 335 g/mol. The fourth-order valence-corrected chi connectivity index (χ4v) is 3.13. The molecule has 0 saturated carbocycles. The zero-order valence-electron chi connectivity index (χ0n) is 12.8. The Bertz CT molecular complexity index is 767. The maximum atomic E-state index is 13.6. The molecule has 0 bridgehead atoms. The molecule has 24 heavy (non-hydrogen) atoms. The third-order valence-electron chi connectivity index (χ3n) is 3.69. The highest BCUT2D eigenvalue weighted by atomic mass is 32.2. The van der Waals surface area contributed by atoms with Crippen LogP contribution < -0.4 is 10.6 Å². The third kappa shape index (κ3) is 3.73. The Morgan fingerprint density at radius 2 is 2.08 bits per heavy atom. The van der Waals surface area contributed by atoms with Crippen molar-refractivity contribution >= 4 is 23.7 Å². The van der Waals surface area contributed by atoms with Gasteiger partial charge in [-0.1, -0.05) is 30.0 Å². The number of thioether (sulfide) groups is 1. The van der Waals surface area contributed by atoms with Gasteiger partial charge >= 0.3 is 6.03 Å². The highest BCUT2D eigenvalue weighted by Crippen LogP contribution is 2.24. The van der Waals surface area contributed by atoms with Gasteiger partial charge in [0.25, 0.3) is 5.22 Å². The first-order valence-corrected chi connectivity index (χ1v) is 8.31. The standard InChI is InChI=1S/C15H15FN4O3S/c1-8-10(13(21)18-14(22)17-8)6-12-19-20-15(23-12)24-7-9-4-2-3-5-11(9)16/h2-5,8,10H,6-7H2,1H3,(H2,17,18,21,22). The molecule has 0 radical (unpaired) electrons. The lowest BCUT2D eigenvalue weighted by Gasteiger charge is -2.27. The number of urea groups is 1. The normalized spacial score (nSPS) is 20.6. The molecule has 0 aliphatic carbocycles. The summed E-state index contributed by atoms with van der Waals surface area (Å²) in [5.74, 6) is -0.468. The van der Waals surface area contributed by atoms with E-state index in [1.165, 1.54) is 17.8 Å². The van der Waals surface area contributed by atoms with E-state index >= 15 is 0 Å². The van der Waals surface area contributed by atoms with Crippen LogP contribution >= 0.6 is 11.8 Å². The van der Waals surface area contributed by atoms with Crippen molar-refractivity contribution < 1.29 is 18.4 Å². The van der Waals surface area contributed by atoms with Gasteiger partial charge in [-0.05, 0) is 18.6 Å². The van der Waals surface area contributed by atoms with Crippen LogP contribution in [0.4, 0.5) is 9.18 Å². The molecule has 3 rings (SSSR count). The van der Waals surface area contributed by atoms with Crippen molar-refractivity contribution in [2.24, 2.45) is 5.92 Å². The lowest BCUT2D eigenvalue weighted by Crippen LogP contribution is -2.57. The molecule has 1 aromatic heterocycles. The van der Waals surface area contributed by atoms with Crippen LogP contribution in [0.15, 0.2) is 33.9 Å². The number of halogens is 1. The number of aromatic nitrogens is 2. The van der Waals surface area contributed by atoms with Crippen molar-refractivity contribution in [2.45, 2.75) is 30.4 Å². The number of hydrogen-bond donors (Lipinski definition) is 2. The first-order valence-electron chi connectivity index (χ1n) is 7.33. The first kappa shape index (κ1) is 16.4. The zero-order valence-corrected chi connectivity index (χ0v) is 13.6. The fraction of sp³-hybridized carbons (Fsp3) is 0.333. The topological polar surface area (TPSA) is 97.1 Å². The number of carbonyl (C=O) groups is 2. The maximum Gasteiger partial charge on any atom is 0.321 e. The van der Waals surface area contributed by atoms with Gasteiger partial charge in [-0.25, -0.2) is 9.18 Å². The predicted octanol–water partition coefficient (Wildman–Crippen LogP) is 1.89. The van der Waals surface area contributed by atoms with Gasteiger partial charge in [0.05, 0.1) is 5.92 Å². The minimum absolute atomic E-state index is 0.223. The summed E-state index contributed by atoms with van der Waals surface area (Å²) >= 11 is 1.22. The molecule has 2 heterocycles. The van der Waals surface area contributed by atoms with Crippen molar-refractivity contribution in [3.05, 3.63) is 41.5 Å². The van der Waals surface area contributed by atoms with Crippen LogP contribution in [0.25, 0.3) is 0 Å². The minimum atomic E-state index is -0.504. The van der Waals surface area contributed by atoms with E-state index in [4.69, 9.17) is 4.42 Å². The van der Waals surface area contributed by atoms with E-state index in [0.29, 0.717) is 22.4 Å². The molecule has 0 spiro atoms. The number of hydrogen-bond acceptors (Lipinski definition) is 6. The summed E-state index contributed by atoms with van der Waals surface area (Å²) in [5, 5.41) is 13.0. The van der Waals surface area contributed by atoms with Gasteiger partial charge < -0.3 is 9.73 Å². The molecule has 2 unspecified atom stereocenters. The SMILES string of the molecule is CC1NC(=O)NC(=O)C1Cc1nnc(SCc2ccccc2F)o1. The largest absolute Gasteiger partial charge is 0.416 e. The summed E-state index contributed by atoms with van der Waals surface area (Å²) in [6.45, 7) is 1.74. The van der Waals surface area contributed by atoms with Gasteiger partial charge in [-0.15, -0.1) is 10.2 Å². The highest BCUT2D eigenvalue weighted by Gasteiger charge is 2.33. The Hall–Kier alpha value is -2.42. The number of nitrogens with zero attached hydrogens (tertiary/aromatic N) is 2. The van der Waals surface area contributed by atoms with E-state index in [2.05, 4.69) is 20.8 Å². The molecular formula is C15H15FN4O3S. The quantitative estimate of drug-likeness (QED) is 0.799. The van der Waals surface area contributed by atoms with E-state index in [-0.39, 0.29) is 24.2 Å². The van der Waals surface area contributed by atoms with Crippen molar-refractivity contribution in [1.29, 1.82) is 0 Å². The second-order valence-electron chi connectivity index (χ2n) is 5.40. The molecule has 1 aromatic carbocycles. The maximum absolute atomic E-state index is 13.6. The monoisotopic (exact) mass is 350 g/mol. The van der Waals surface area contributed by atoms with Crippen molar-refractivity contribution in [3.63, 3.8) is 0 Å². The number of rotatable bonds is 5. The van der Waals surface area contributed by atoms with Crippen LogP contribution in [0.2, 0.25) is 0 Å². The van der Waals surface area contributed by atoms with E-state index in [9.17, 15) is 14.0 Å². The average molecular weight is 350 g/mol. The number of amides is 3. The summed E-state index contributed by atoms with van der Waals surface area (Å²) in [7, 11) is 0. The lowest BCUT2D eigenvalue weighted by atomic mass is 9.95. The van der Waals surface area contributed by atoms with Crippen LogP contribution in [0, 0.1) is 11.7 Å². The van der Waals surface area contributed by atoms with Gasteiger partial charge in [0.1, 0.15) is 5.82 Å². The third-order valence-corrected chi connectivity index (χ3v) is 4.55. The van der Waals surface area contributed by atoms with Crippen LogP contribution in [0.1, 0.15) is 18.4 Å². The summed E-state index contributed by atoms with van der Waals surface area (Å²) < 4.78 is 19.1. The number of imide groups is 1. The number of carbonyl (C=O) groups excluding carboxylic acids is 2. The molecule has 126 valence electrons. The molecule has 1 saturated heterocycles. The Kier molecular flexibility index (Phi) is 4.79. The molecule has 2 N–H and O–H groups in total. The van der Waals surface area contributed by atoms with Gasteiger partial charge in [-0.2, -0.15) is 0 Å². The zero-order chi connectivity index (χ0) is 17.1. The lowest BCUT2D eigenvalue weighted by molar-refractivity contribution is -0.125. The molecule has 1 fully saturated rings. The second-order valence-corrected chi connectivity index (χ2v) is 6.33. The van der Waals surface area contributed by atoms with Gasteiger partial charge in [0, 0.05) is 18.2 Å². The van der Waals surface area contributed by atoms with Gasteiger partial charge in [0.2, 0.25) is 11.8 Å². The summed E-state index contributed by atoms with van der Waals surface area (Å²) in [6.07, 6.45) is 0.223. The summed E-state index contributed by atoms with van der Waals surface area (Å²) in [6, 6.07) is 5.64. The smallest absolute Gasteiger partial charge is 0.321 e. The molecule has 9 heteroatoms. The highest BCUT2D eigenvalue weighted by molar-refractivity contribution is 7.98. The summed E-state index contributed by atoms with van der Waals surface area (Å²) in [5.41, 5.74) is 0.547. The number of nitrogens with one attached hydrogen (secondary N) is 2. The van der Waals surface area contributed by atoms with Crippen LogP contribution in [0.3, 0.4) is 0 Å². The molecule has 1 aliphatic heterocycles. The Morgan fingerprint density at radius 3 is 2.83 bits per heavy atom. The Morgan fingerprint density at radius 1 is 1.29 bits per heavy atom. The molecule has 2 atom stereocenters. The molecule has 2 aromatic rings. The molecule has 7 nitrogen and oxygen atoms in total. The second kappa shape index (κ2) is 7.00. The molecule has 1 aliphatic rings. The van der Waals surface area contributed by atoms with E-state index in [1.54, 1.807) is 25.1 Å². The molecule has 3 amide bonds. The van der Waals surface area contributed by atoms with Gasteiger partial charge in [0.15, 0.2) is 0 Å². The fourth-order valence-electron chi connectivity index (χ4n) is 2.37. The van der Waals surface area contributed by atoms with Crippen molar-refractivity contribution in [3.8, 4) is 0 Å². The Labute approximate surface area is 141 Å². The Balaban J connectivity index is 1.60. The van der Waals surface area contributed by atoms with E-state index in [1.807, 2.05) is 0 Å². The van der Waals surface area contributed by atoms with Crippen LogP contribution in [0.5, 0.6) is 0 Å². The van der Waals surface area contributed by atoms with E-state index in [0.717, 1.165) is 0 Å².